The van der Waals surface area contributed by atoms with Crippen molar-refractivity contribution in [3.63, 3.8) is 0 Å². The minimum Gasteiger partial charge on any atom is -0.463 e. The van der Waals surface area contributed by atoms with Gasteiger partial charge in [0.15, 0.2) is 33.3 Å². The van der Waals surface area contributed by atoms with Crippen molar-refractivity contribution < 1.29 is 51.9 Å². The van der Waals surface area contributed by atoms with Crippen LogP contribution in [0.25, 0.3) is 10.4 Å². The first-order valence-corrected chi connectivity index (χ1v) is 21.5. The van der Waals surface area contributed by atoms with Crippen molar-refractivity contribution in [1.82, 2.24) is 0 Å². The van der Waals surface area contributed by atoms with E-state index >= 15 is 0 Å². The van der Waals surface area contributed by atoms with E-state index in [0.717, 1.165) is 11.1 Å². The van der Waals surface area contributed by atoms with Crippen LogP contribution in [0.15, 0.2) is 65.8 Å². The van der Waals surface area contributed by atoms with Gasteiger partial charge in [-0.3, -0.25) is 9.59 Å². The molecule has 2 aromatic rings. The summed E-state index contributed by atoms with van der Waals surface area (Å²) in [5.41, 5.74) is 11.4. The van der Waals surface area contributed by atoms with Gasteiger partial charge < -0.3 is 42.3 Å². The van der Waals surface area contributed by atoms with E-state index in [-0.39, 0.29) is 24.9 Å². The second-order valence-corrected chi connectivity index (χ2v) is 20.1. The van der Waals surface area contributed by atoms with Crippen LogP contribution in [0.5, 0.6) is 0 Å². The lowest BCUT2D eigenvalue weighted by molar-refractivity contribution is -0.381. The van der Waals surface area contributed by atoms with Gasteiger partial charge in [-0.15, -0.1) is 0 Å². The van der Waals surface area contributed by atoms with Gasteiger partial charge in [0.25, 0.3) is 0 Å². The molecule has 3 aliphatic heterocycles. The predicted molar refractivity (Wildman–Crippen MR) is 199 cm³/mol. The number of hydrogen-bond donors (Lipinski definition) is 0. The number of nitrogens with zero attached hydrogens (tertiary/aromatic N) is 3. The Morgan fingerprint density at radius 3 is 2.22 bits per heavy atom. The fourth-order valence-corrected chi connectivity index (χ4v) is 9.44. The molecule has 54 heavy (non-hydrogen) atoms. The first-order chi connectivity index (χ1) is 25.6. The van der Waals surface area contributed by atoms with Gasteiger partial charge in [-0.2, -0.15) is 0 Å². The van der Waals surface area contributed by atoms with Gasteiger partial charge in [-0.1, -0.05) is 100 Å². The highest BCUT2D eigenvalue weighted by molar-refractivity contribution is 6.74. The number of benzene rings is 2. The van der Waals surface area contributed by atoms with Crippen LogP contribution in [0.2, 0.25) is 18.1 Å². The quantitative estimate of drug-likeness (QED) is 0.0639. The maximum Gasteiger partial charge on any atom is 0.303 e. The summed E-state index contributed by atoms with van der Waals surface area (Å²) in [7, 11) is -2.53. The number of carbonyl (C=O) groups excluding carboxylic acids is 2. The molecular formula is C39H55N3O11Si. The van der Waals surface area contributed by atoms with Crippen molar-refractivity contribution in [2.45, 2.75) is 135 Å². The summed E-state index contributed by atoms with van der Waals surface area (Å²) in [6, 6.07) is 18.3. The number of hydrogen-bond acceptors (Lipinski definition) is 12. The van der Waals surface area contributed by atoms with Gasteiger partial charge in [0.1, 0.15) is 31.0 Å². The van der Waals surface area contributed by atoms with Crippen LogP contribution >= 0.6 is 0 Å². The number of rotatable bonds is 14. The molecule has 15 heteroatoms. The van der Waals surface area contributed by atoms with Gasteiger partial charge in [0.2, 0.25) is 0 Å². The molecule has 3 saturated heterocycles. The summed E-state index contributed by atoms with van der Waals surface area (Å²) in [6.45, 7) is 17.4. The molecule has 0 aliphatic carbocycles. The van der Waals surface area contributed by atoms with Crippen LogP contribution in [0, 0.1) is 11.8 Å². The molecule has 4 unspecified atom stereocenters. The van der Waals surface area contributed by atoms with E-state index in [1.165, 1.54) is 13.8 Å². The third-order valence-corrected chi connectivity index (χ3v) is 15.8. The molecule has 0 radical (unpaired) electrons. The maximum atomic E-state index is 12.8. The van der Waals surface area contributed by atoms with E-state index in [9.17, 15) is 15.1 Å². The van der Waals surface area contributed by atoms with Crippen LogP contribution in [0.1, 0.15) is 65.9 Å². The molecular weight excluding hydrogens is 715 g/mol. The number of azide groups is 1. The molecule has 0 bridgehead atoms. The van der Waals surface area contributed by atoms with Crippen molar-refractivity contribution in [3.8, 4) is 0 Å². The van der Waals surface area contributed by atoms with Crippen LogP contribution in [-0.4, -0.2) is 88.7 Å². The van der Waals surface area contributed by atoms with E-state index < -0.39 is 87.7 Å². The molecule has 3 fully saturated rings. The molecule has 14 nitrogen and oxygen atoms in total. The van der Waals surface area contributed by atoms with E-state index in [2.05, 4.69) is 50.8 Å². The molecule has 0 N–H and O–H groups in total. The zero-order valence-corrected chi connectivity index (χ0v) is 33.7. The van der Waals surface area contributed by atoms with Crippen molar-refractivity contribution in [2.24, 2.45) is 17.0 Å². The van der Waals surface area contributed by atoms with Gasteiger partial charge in [-0.25, -0.2) is 0 Å². The van der Waals surface area contributed by atoms with Crippen molar-refractivity contribution >= 4 is 20.3 Å². The van der Waals surface area contributed by atoms with Crippen molar-refractivity contribution in [2.75, 3.05) is 13.2 Å². The minimum absolute atomic E-state index is 0.123. The third kappa shape index (κ3) is 9.70. The standard InChI is InChI=1S/C39H55N3O11Si/c1-23(2)39(6,7)54(8,9)53-37-31(41-42-40)24(3)32(29(49-37)21-45-25(4)43)51-38-35(48-26(5)44)34(46-20-27-16-12-10-13-17-27)33-30(50-38)22-47-36(52-33)28-18-14-11-15-19-28/h10-19,23-24,29-38H,20-22H2,1-9H3/t24-,29?,30?,31?,32+,33-,34-,35-,36?,37+,38+/m1/s1. The number of ether oxygens (including phenoxy) is 8. The van der Waals surface area contributed by atoms with Gasteiger partial charge in [0, 0.05) is 24.3 Å². The fourth-order valence-electron chi connectivity index (χ4n) is 6.97. The third-order valence-electron chi connectivity index (χ3n) is 11.3. The molecule has 0 saturated carbocycles. The second kappa shape index (κ2) is 18.1. The Hall–Kier alpha value is -3.37. The van der Waals surface area contributed by atoms with Crippen molar-refractivity contribution in [1.29, 1.82) is 0 Å². The normalized spacial score (nSPS) is 31.6. The lowest BCUT2D eigenvalue weighted by Crippen LogP contribution is -2.66. The molecule has 296 valence electrons. The Labute approximate surface area is 318 Å². The Balaban J connectivity index is 1.48. The van der Waals surface area contributed by atoms with Crippen LogP contribution in [0.4, 0.5) is 0 Å². The smallest absolute Gasteiger partial charge is 0.303 e. The monoisotopic (exact) mass is 769 g/mol. The Morgan fingerprint density at radius 2 is 1.61 bits per heavy atom. The molecule has 0 amide bonds. The van der Waals surface area contributed by atoms with Crippen molar-refractivity contribution in [3.05, 3.63) is 82.2 Å². The zero-order chi connectivity index (χ0) is 39.2. The van der Waals surface area contributed by atoms with E-state index in [1.54, 1.807) is 0 Å². The molecule has 11 atom stereocenters. The summed E-state index contributed by atoms with van der Waals surface area (Å²) < 4.78 is 57.4. The average Bonchev–Trinajstić information content (AvgIpc) is 3.13. The summed E-state index contributed by atoms with van der Waals surface area (Å²) in [5, 5.41) is 3.97. The molecule has 3 heterocycles. The van der Waals surface area contributed by atoms with Crippen LogP contribution in [-0.2, 0) is 58.5 Å². The highest BCUT2D eigenvalue weighted by atomic mass is 28.4. The van der Waals surface area contributed by atoms with E-state index in [4.69, 9.17) is 42.3 Å². The Bertz CT molecular complexity index is 1590. The zero-order valence-electron chi connectivity index (χ0n) is 32.7. The van der Waals surface area contributed by atoms with Crippen LogP contribution < -0.4 is 0 Å². The number of esters is 2. The SMILES string of the molecule is CC(=O)OCC1O[C@@H](O[Si](C)(C)C(C)(C)C(C)C)C(N=[N+]=[N-])[C@@H](C)[C@@H]1O[C@@H]1OC2COC(c3ccccc3)O[C@H]2[C@@H](OCc2ccccc2)[C@H]1OC(C)=O. The predicted octanol–water partition coefficient (Wildman–Crippen LogP) is 6.99. The lowest BCUT2D eigenvalue weighted by atomic mass is 9.88. The molecule has 5 rings (SSSR count). The largest absolute Gasteiger partial charge is 0.463 e. The first kappa shape index (κ1) is 41.8. The number of carbonyl (C=O) groups is 2. The second-order valence-electron chi connectivity index (χ2n) is 15.6. The molecule has 3 aliphatic rings. The highest BCUT2D eigenvalue weighted by Gasteiger charge is 2.56. The molecule has 0 aromatic heterocycles. The summed E-state index contributed by atoms with van der Waals surface area (Å²) in [4.78, 5) is 28.0. The van der Waals surface area contributed by atoms with Gasteiger partial charge >= 0.3 is 11.9 Å². The van der Waals surface area contributed by atoms with Gasteiger partial charge in [-0.05, 0) is 41.1 Å². The number of fused-ring (bicyclic) bond motifs is 1. The Kier molecular flexibility index (Phi) is 14.0. The highest BCUT2D eigenvalue weighted by Crippen LogP contribution is 2.47. The molecule has 0 spiro atoms. The summed E-state index contributed by atoms with van der Waals surface area (Å²) in [5.74, 6) is -1.34. The lowest BCUT2D eigenvalue weighted by Gasteiger charge is -2.52. The maximum absolute atomic E-state index is 12.8. The summed E-state index contributed by atoms with van der Waals surface area (Å²) >= 11 is 0. The van der Waals surface area contributed by atoms with Gasteiger partial charge in [0.05, 0.1) is 25.4 Å². The van der Waals surface area contributed by atoms with E-state index in [0.29, 0.717) is 5.92 Å². The fraction of sp³-hybridized carbons (Fsp3) is 0.641. The average molecular weight is 770 g/mol. The topological polar surface area (TPSA) is 166 Å². The van der Waals surface area contributed by atoms with E-state index in [1.807, 2.05) is 67.6 Å². The van der Waals surface area contributed by atoms with Crippen LogP contribution in [0.3, 0.4) is 0 Å². The molecule has 2 aromatic carbocycles. The summed E-state index contributed by atoms with van der Waals surface area (Å²) in [6.07, 6.45) is -8.06. The minimum atomic E-state index is -2.53. The first-order valence-electron chi connectivity index (χ1n) is 18.6. The Morgan fingerprint density at radius 1 is 0.944 bits per heavy atom.